The summed E-state index contributed by atoms with van der Waals surface area (Å²) in [6, 6.07) is 41.5. The largest absolute Gasteiger partial charge is 0.194 e. The first-order chi connectivity index (χ1) is 14.9. The number of nitrogens with zero attached hydrogens (tertiary/aromatic N) is 3. The van der Waals surface area contributed by atoms with Gasteiger partial charge in [0.2, 0.25) is 0 Å². The minimum atomic E-state index is 0.747. The first-order valence-electron chi connectivity index (χ1n) is 10.2. The minimum absolute atomic E-state index is 0.747. The van der Waals surface area contributed by atoms with Crippen LogP contribution in [-0.2, 0) is 13.1 Å². The number of para-hydroxylation sites is 1. The third-order valence-electron chi connectivity index (χ3n) is 4.79. The van der Waals surface area contributed by atoms with Gasteiger partial charge in [-0.25, -0.2) is 0 Å². The number of hydrogen-bond donors (Lipinski definition) is 0. The van der Waals surface area contributed by atoms with E-state index in [0.717, 1.165) is 24.3 Å². The van der Waals surface area contributed by atoms with Gasteiger partial charge in [-0.3, -0.25) is 0 Å². The highest BCUT2D eigenvalue weighted by atomic mass is 15.8. The summed E-state index contributed by atoms with van der Waals surface area (Å²) in [6.45, 7) is 1.49. The zero-order valence-electron chi connectivity index (χ0n) is 16.9. The quantitative estimate of drug-likeness (QED) is 0.265. The molecule has 0 saturated carbocycles. The Morgan fingerprint density at radius 2 is 0.967 bits per heavy atom. The molecule has 0 unspecified atom stereocenters. The molecule has 0 aliphatic rings. The van der Waals surface area contributed by atoms with Gasteiger partial charge in [0.15, 0.2) is 0 Å². The fraction of sp³-hybridized carbons (Fsp3) is 0.0741. The fourth-order valence-corrected chi connectivity index (χ4v) is 3.30. The number of hydrazine groups is 1. The Morgan fingerprint density at radius 3 is 1.47 bits per heavy atom. The minimum Gasteiger partial charge on any atom is -0.194 e. The number of rotatable bonds is 8. The lowest BCUT2D eigenvalue weighted by molar-refractivity contribution is 0.234. The molecule has 0 amide bonds. The summed E-state index contributed by atoms with van der Waals surface area (Å²) in [7, 11) is 0. The Balaban J connectivity index is 1.70. The predicted molar refractivity (Wildman–Crippen MR) is 125 cm³/mol. The van der Waals surface area contributed by atoms with E-state index in [0.29, 0.717) is 0 Å². The van der Waals surface area contributed by atoms with E-state index in [-0.39, 0.29) is 0 Å². The normalized spacial score (nSPS) is 11.1. The van der Waals surface area contributed by atoms with Crippen LogP contribution in [-0.4, -0.2) is 11.2 Å². The highest BCUT2D eigenvalue weighted by Crippen LogP contribution is 2.21. The van der Waals surface area contributed by atoms with E-state index < -0.39 is 0 Å². The Labute approximate surface area is 178 Å². The zero-order chi connectivity index (χ0) is 20.4. The highest BCUT2D eigenvalue weighted by Gasteiger charge is 2.17. The summed E-state index contributed by atoms with van der Waals surface area (Å²) >= 11 is 0. The van der Waals surface area contributed by atoms with E-state index in [4.69, 9.17) is 5.10 Å². The Bertz CT molecular complexity index is 991. The average Bonchev–Trinajstić information content (AvgIpc) is 2.82. The van der Waals surface area contributed by atoms with E-state index in [1.807, 2.05) is 59.9 Å². The lowest BCUT2D eigenvalue weighted by atomic mass is 10.2. The number of benzene rings is 4. The molecule has 0 spiro atoms. The van der Waals surface area contributed by atoms with Gasteiger partial charge in [0.25, 0.3) is 0 Å². The van der Waals surface area contributed by atoms with Gasteiger partial charge in [0, 0.05) is 13.1 Å². The van der Waals surface area contributed by atoms with Crippen LogP contribution in [0.25, 0.3) is 0 Å². The van der Waals surface area contributed by atoms with Crippen molar-refractivity contribution >= 4 is 11.9 Å². The van der Waals surface area contributed by atoms with Gasteiger partial charge in [-0.2, -0.15) is 15.2 Å². The second-order valence-corrected chi connectivity index (χ2v) is 7.07. The van der Waals surface area contributed by atoms with Crippen LogP contribution in [0.2, 0.25) is 0 Å². The summed E-state index contributed by atoms with van der Waals surface area (Å²) in [6.07, 6.45) is 1.91. The SMILES string of the molecule is C(=NN(c1ccccc1)N(Cc1ccccc1)Cc1ccccc1)c1ccccc1. The molecule has 30 heavy (non-hydrogen) atoms. The molecule has 4 aromatic rings. The molecule has 4 aromatic carbocycles. The summed E-state index contributed by atoms with van der Waals surface area (Å²) in [4.78, 5) is 0. The van der Waals surface area contributed by atoms with Crippen LogP contribution in [0.1, 0.15) is 16.7 Å². The first-order valence-corrected chi connectivity index (χ1v) is 10.2. The van der Waals surface area contributed by atoms with Crippen LogP contribution in [0.4, 0.5) is 5.69 Å². The van der Waals surface area contributed by atoms with Gasteiger partial charge in [-0.15, -0.1) is 0 Å². The molecule has 3 nitrogen and oxygen atoms in total. The van der Waals surface area contributed by atoms with Crippen molar-refractivity contribution in [2.24, 2.45) is 5.10 Å². The van der Waals surface area contributed by atoms with E-state index in [9.17, 15) is 0 Å². The molecule has 3 heteroatoms. The summed E-state index contributed by atoms with van der Waals surface area (Å²) in [5.41, 5.74) is 4.57. The molecule has 148 valence electrons. The monoisotopic (exact) mass is 391 g/mol. The zero-order valence-corrected chi connectivity index (χ0v) is 16.9. The van der Waals surface area contributed by atoms with Gasteiger partial charge >= 0.3 is 0 Å². The van der Waals surface area contributed by atoms with Crippen LogP contribution in [0.5, 0.6) is 0 Å². The molecule has 0 N–H and O–H groups in total. The van der Waals surface area contributed by atoms with Crippen molar-refractivity contribution in [1.29, 1.82) is 0 Å². The van der Waals surface area contributed by atoms with Gasteiger partial charge < -0.3 is 0 Å². The van der Waals surface area contributed by atoms with Crippen molar-refractivity contribution in [3.05, 3.63) is 138 Å². The van der Waals surface area contributed by atoms with Crippen molar-refractivity contribution < 1.29 is 0 Å². The van der Waals surface area contributed by atoms with E-state index in [1.54, 1.807) is 0 Å². The Morgan fingerprint density at radius 1 is 0.533 bits per heavy atom. The van der Waals surface area contributed by atoms with Crippen molar-refractivity contribution in [3.63, 3.8) is 0 Å². The van der Waals surface area contributed by atoms with E-state index in [2.05, 4.69) is 77.8 Å². The number of hydrogen-bond acceptors (Lipinski definition) is 3. The lowest BCUT2D eigenvalue weighted by Crippen LogP contribution is -2.38. The van der Waals surface area contributed by atoms with Crippen LogP contribution in [0, 0.1) is 0 Å². The van der Waals surface area contributed by atoms with E-state index in [1.165, 1.54) is 11.1 Å². The second kappa shape index (κ2) is 10.2. The second-order valence-electron chi connectivity index (χ2n) is 7.07. The van der Waals surface area contributed by atoms with Crippen LogP contribution < -0.4 is 5.12 Å². The molecule has 4 rings (SSSR count). The molecule has 0 saturated heterocycles. The molecule has 0 aliphatic carbocycles. The number of hydrazone groups is 1. The van der Waals surface area contributed by atoms with Crippen molar-refractivity contribution in [3.8, 4) is 0 Å². The van der Waals surface area contributed by atoms with Crippen molar-refractivity contribution in [2.75, 3.05) is 5.12 Å². The molecule has 0 fully saturated rings. The van der Waals surface area contributed by atoms with Crippen LogP contribution in [0.3, 0.4) is 0 Å². The van der Waals surface area contributed by atoms with Crippen molar-refractivity contribution in [1.82, 2.24) is 5.01 Å². The standard InChI is InChI=1S/C27H25N3/c1-5-13-24(14-6-1)21-28-30(27-19-11-4-12-20-27)29(22-25-15-7-2-8-16-25)23-26-17-9-3-10-18-26/h1-21H,22-23H2. The molecule has 0 aliphatic heterocycles. The first kappa shape index (κ1) is 19.6. The molecular formula is C27H25N3. The maximum Gasteiger partial charge on any atom is 0.0781 e. The highest BCUT2D eigenvalue weighted by molar-refractivity contribution is 5.80. The van der Waals surface area contributed by atoms with Gasteiger partial charge in [-0.05, 0) is 28.8 Å². The van der Waals surface area contributed by atoms with E-state index >= 15 is 0 Å². The molecule has 0 heterocycles. The average molecular weight is 392 g/mol. The smallest absolute Gasteiger partial charge is 0.0781 e. The van der Waals surface area contributed by atoms with Crippen LogP contribution >= 0.6 is 0 Å². The topological polar surface area (TPSA) is 18.8 Å². The number of anilines is 1. The predicted octanol–water partition coefficient (Wildman–Crippen LogP) is 6.14. The summed E-state index contributed by atoms with van der Waals surface area (Å²) in [5.74, 6) is 0. The molecule has 0 radical (unpaired) electrons. The molecule has 0 aromatic heterocycles. The van der Waals surface area contributed by atoms with Gasteiger partial charge in [-0.1, -0.05) is 109 Å². The third kappa shape index (κ3) is 5.43. The van der Waals surface area contributed by atoms with Crippen molar-refractivity contribution in [2.45, 2.75) is 13.1 Å². The maximum atomic E-state index is 4.89. The Hall–Kier alpha value is -3.69. The lowest BCUT2D eigenvalue weighted by Gasteiger charge is -2.33. The fourth-order valence-electron chi connectivity index (χ4n) is 3.30. The summed E-state index contributed by atoms with van der Waals surface area (Å²) < 4.78 is 0. The molecule has 0 bridgehead atoms. The molecule has 0 atom stereocenters. The third-order valence-corrected chi connectivity index (χ3v) is 4.79. The van der Waals surface area contributed by atoms with Crippen LogP contribution in [0.15, 0.2) is 126 Å². The maximum absolute atomic E-state index is 4.89. The summed E-state index contributed by atoms with van der Waals surface area (Å²) in [5, 5.41) is 9.16. The molecular weight excluding hydrogens is 366 g/mol. The Kier molecular flexibility index (Phi) is 6.66. The van der Waals surface area contributed by atoms with Gasteiger partial charge in [0.05, 0.1) is 11.9 Å². The van der Waals surface area contributed by atoms with Gasteiger partial charge in [0.1, 0.15) is 0 Å².